The summed E-state index contributed by atoms with van der Waals surface area (Å²) in [5.41, 5.74) is 0.788. The summed E-state index contributed by atoms with van der Waals surface area (Å²) in [6, 6.07) is 13.8. The summed E-state index contributed by atoms with van der Waals surface area (Å²) < 4.78 is 49.8. The van der Waals surface area contributed by atoms with Gasteiger partial charge < -0.3 is 9.84 Å². The molecular formula is C44H35Cl2F3N6O6S. The molecule has 62 heavy (non-hydrogen) atoms. The number of aryl methyl sites for hydroxylation is 2. The van der Waals surface area contributed by atoms with Crippen molar-refractivity contribution >= 4 is 79.9 Å². The van der Waals surface area contributed by atoms with Crippen LogP contribution in [0.1, 0.15) is 36.6 Å². The first-order valence-corrected chi connectivity index (χ1v) is 21.3. The van der Waals surface area contributed by atoms with Gasteiger partial charge in [0.1, 0.15) is 28.7 Å². The molecule has 2 aliphatic carbocycles. The molecule has 6 heterocycles. The number of alkyl halides is 3. The quantitative estimate of drug-likeness (QED) is 0.136. The van der Waals surface area contributed by atoms with Crippen LogP contribution in [-0.2, 0) is 38.8 Å². The maximum Gasteiger partial charge on any atom is 0.433 e. The number of fused-ring (bicyclic) bond motifs is 6. The predicted molar refractivity (Wildman–Crippen MR) is 224 cm³/mol. The number of ether oxygens (including phenoxy) is 1. The normalized spacial score (nSPS) is 25.7. The number of anilines is 2. The number of amides is 4. The Morgan fingerprint density at radius 3 is 2.53 bits per heavy atom. The van der Waals surface area contributed by atoms with Crippen LogP contribution < -0.4 is 14.6 Å². The third kappa shape index (κ3) is 5.78. The second-order valence-corrected chi connectivity index (χ2v) is 18.6. The summed E-state index contributed by atoms with van der Waals surface area (Å²) in [6.07, 6.45) is -1.07. The van der Waals surface area contributed by atoms with Gasteiger partial charge in [-0.15, -0.1) is 11.3 Å². The monoisotopic (exact) mass is 902 g/mol. The van der Waals surface area contributed by atoms with Crippen LogP contribution in [0.25, 0.3) is 20.7 Å². The van der Waals surface area contributed by atoms with Crippen molar-refractivity contribution in [1.82, 2.24) is 19.8 Å². The van der Waals surface area contributed by atoms with E-state index in [-0.39, 0.29) is 35.9 Å². The van der Waals surface area contributed by atoms with E-state index in [4.69, 9.17) is 33.0 Å². The van der Waals surface area contributed by atoms with Gasteiger partial charge in [0, 0.05) is 47.8 Å². The molecule has 10 rings (SSSR count). The summed E-state index contributed by atoms with van der Waals surface area (Å²) in [5, 5.41) is 18.3. The van der Waals surface area contributed by atoms with E-state index >= 15 is 9.59 Å². The molecule has 6 unspecified atom stereocenters. The summed E-state index contributed by atoms with van der Waals surface area (Å²) >= 11 is 14.2. The number of benzene rings is 2. The lowest BCUT2D eigenvalue weighted by Gasteiger charge is -2.49. The number of carbonyl (C=O) groups excluding carboxylic acids is 4. The second-order valence-electron chi connectivity index (χ2n) is 16.7. The third-order valence-corrected chi connectivity index (χ3v) is 15.2. The van der Waals surface area contributed by atoms with Gasteiger partial charge in [-0.25, -0.2) is 9.88 Å². The highest BCUT2D eigenvalue weighted by atomic mass is 35.5. The average Bonchev–Trinajstić information content (AvgIpc) is 3.90. The minimum Gasteiger partial charge on any atom is -0.508 e. The number of thiophene rings is 1. The van der Waals surface area contributed by atoms with E-state index in [0.29, 0.717) is 39.2 Å². The number of hydrogen-bond acceptors (Lipinski definition) is 10. The second kappa shape index (κ2) is 13.9. The lowest BCUT2D eigenvalue weighted by molar-refractivity contribution is -0.141. The van der Waals surface area contributed by atoms with Crippen molar-refractivity contribution in [2.24, 2.45) is 42.1 Å². The number of allylic oxidation sites excluding steroid dienone is 3. The van der Waals surface area contributed by atoms with Gasteiger partial charge in [0.25, 0.3) is 11.8 Å². The van der Waals surface area contributed by atoms with E-state index in [1.165, 1.54) is 34.0 Å². The van der Waals surface area contributed by atoms with Gasteiger partial charge in [-0.1, -0.05) is 34.9 Å². The van der Waals surface area contributed by atoms with E-state index in [2.05, 4.69) is 4.98 Å². The first-order valence-electron chi connectivity index (χ1n) is 19.7. The third-order valence-electron chi connectivity index (χ3n) is 13.3. The molecule has 2 saturated heterocycles. The lowest BCUT2D eigenvalue weighted by atomic mass is 9.51. The van der Waals surface area contributed by atoms with Crippen molar-refractivity contribution < 1.29 is 42.2 Å². The molecule has 12 nitrogen and oxygen atoms in total. The number of rotatable bonds is 5. The molecule has 3 aromatic heterocycles. The lowest BCUT2D eigenvalue weighted by Crippen LogP contribution is -2.51. The number of halogens is 5. The fourth-order valence-corrected chi connectivity index (χ4v) is 12.0. The zero-order valence-corrected chi connectivity index (χ0v) is 35.7. The van der Waals surface area contributed by atoms with Gasteiger partial charge in [0.2, 0.25) is 11.8 Å². The summed E-state index contributed by atoms with van der Waals surface area (Å²) in [5.74, 6) is -6.49. The van der Waals surface area contributed by atoms with Crippen molar-refractivity contribution in [2.75, 3.05) is 17.0 Å². The number of phenolic OH excluding ortho intramolecular Hbond substituents is 1. The summed E-state index contributed by atoms with van der Waals surface area (Å²) in [4.78, 5) is 65.0. The van der Waals surface area contributed by atoms with E-state index in [1.54, 1.807) is 38.4 Å². The van der Waals surface area contributed by atoms with E-state index in [1.807, 2.05) is 31.2 Å². The van der Waals surface area contributed by atoms with E-state index < -0.39 is 76.3 Å². The maximum atomic E-state index is 15.3. The van der Waals surface area contributed by atoms with Crippen LogP contribution in [-0.4, -0.2) is 55.6 Å². The Hall–Kier alpha value is -5.71. The van der Waals surface area contributed by atoms with Crippen LogP contribution in [0.15, 0.2) is 78.1 Å². The smallest absolute Gasteiger partial charge is 0.433 e. The Kier molecular flexibility index (Phi) is 9.05. The highest BCUT2D eigenvalue weighted by molar-refractivity contribution is 7.22. The van der Waals surface area contributed by atoms with Crippen molar-refractivity contribution in [3.63, 3.8) is 0 Å². The minimum atomic E-state index is -4.82. The van der Waals surface area contributed by atoms with E-state index in [0.717, 1.165) is 36.6 Å². The number of carbonyl (C=O) groups is 4. The Morgan fingerprint density at radius 2 is 1.77 bits per heavy atom. The number of imide groups is 2. The van der Waals surface area contributed by atoms with Gasteiger partial charge in [0.15, 0.2) is 5.82 Å². The molecule has 0 spiro atoms. The number of aromatic hydroxyl groups is 1. The average molecular weight is 904 g/mol. The number of pyridine rings is 1. The van der Waals surface area contributed by atoms with Crippen LogP contribution in [0.3, 0.4) is 0 Å². The highest BCUT2D eigenvalue weighted by Crippen LogP contribution is 2.63. The fourth-order valence-electron chi connectivity index (χ4n) is 10.5. The molecule has 318 valence electrons. The Morgan fingerprint density at radius 1 is 1.00 bits per heavy atom. The van der Waals surface area contributed by atoms with Crippen molar-refractivity contribution in [3.8, 4) is 22.1 Å². The van der Waals surface area contributed by atoms with Crippen LogP contribution in [0.2, 0.25) is 10.0 Å². The summed E-state index contributed by atoms with van der Waals surface area (Å²) in [6.45, 7) is 3.72. The number of aromatic nitrogens is 3. The van der Waals surface area contributed by atoms with Crippen molar-refractivity contribution in [2.45, 2.75) is 39.3 Å². The Balaban J connectivity index is 1.06. The number of hydrazine groups is 1. The zero-order valence-electron chi connectivity index (χ0n) is 33.3. The van der Waals surface area contributed by atoms with Gasteiger partial charge in [0.05, 0.1) is 39.3 Å². The van der Waals surface area contributed by atoms with Gasteiger partial charge in [-0.05, 0) is 97.7 Å². The molecule has 5 aromatic rings. The molecule has 1 saturated carbocycles. The molecule has 0 radical (unpaired) electrons. The number of nitrogens with zero attached hydrogens (tertiary/aromatic N) is 6. The fraction of sp³-hybridized carbons (Fsp3) is 0.318. The Bertz CT molecular complexity index is 2910. The minimum absolute atomic E-state index is 0.0100. The Labute approximate surface area is 365 Å². The molecule has 2 aromatic carbocycles. The van der Waals surface area contributed by atoms with Gasteiger partial charge >= 0.3 is 6.18 Å². The van der Waals surface area contributed by atoms with Crippen LogP contribution in [0, 0.1) is 41.9 Å². The number of phenols is 1. The molecular weight excluding hydrogens is 868 g/mol. The molecule has 4 amide bonds. The van der Waals surface area contributed by atoms with Crippen molar-refractivity contribution in [1.29, 1.82) is 0 Å². The van der Waals surface area contributed by atoms with Gasteiger partial charge in [-0.2, -0.15) is 23.3 Å². The zero-order chi connectivity index (χ0) is 43.9. The van der Waals surface area contributed by atoms with Crippen molar-refractivity contribution in [3.05, 3.63) is 105 Å². The first-order chi connectivity index (χ1) is 29.4. The SMILES string of the molecule is Cc1c(-c2cc(N3C(=O)C4CC5C(=CCC6C(=O)N(N(C)c7nc(C(F)(F)F)ccc7Cl)C(=O)C65)C(C5=COc6ccc(O)cc6C5)C4(C)C3=O)n(C)n2)sc2ccc(Cl)cc12. The molecule has 0 bridgehead atoms. The highest BCUT2D eigenvalue weighted by Gasteiger charge is 2.68. The molecule has 3 fully saturated rings. The maximum absolute atomic E-state index is 15.3. The largest absolute Gasteiger partial charge is 0.508 e. The summed E-state index contributed by atoms with van der Waals surface area (Å²) in [7, 11) is 2.91. The standard InChI is InChI=1S/C44H35Cl2F3N6O6S/c1-19-26-15-22(45)5-11-32(26)62-37(19)30-17-34(52(3)51-30)54-40(58)28-16-27-24(36(43(28,2)42(54)60)21-13-20-14-23(56)6-10-31(20)61-18-21)7-8-25-35(27)41(59)55(39(25)57)53(4)38-29(46)9-12-33(50-38)44(47,48)49/h5-7,9-12,14-15,17-18,25,27-28,35-36,56H,8,13,16H2,1-4H3. The predicted octanol–water partition coefficient (Wildman–Crippen LogP) is 8.67. The topological polar surface area (TPSA) is 138 Å². The van der Waals surface area contributed by atoms with Crippen LogP contribution >= 0.6 is 34.5 Å². The molecule has 5 aliphatic rings. The van der Waals surface area contributed by atoms with Crippen LogP contribution in [0.5, 0.6) is 11.5 Å². The van der Waals surface area contributed by atoms with Crippen LogP contribution in [0.4, 0.5) is 24.8 Å². The van der Waals surface area contributed by atoms with E-state index in [9.17, 15) is 27.9 Å². The molecule has 6 atom stereocenters. The number of hydrogen-bond donors (Lipinski definition) is 1. The molecule has 3 aliphatic heterocycles. The molecule has 18 heteroatoms. The molecule has 1 N–H and O–H groups in total. The van der Waals surface area contributed by atoms with Gasteiger partial charge in [-0.3, -0.25) is 28.9 Å². The first kappa shape index (κ1) is 40.4.